The highest BCUT2D eigenvalue weighted by Gasteiger charge is 2.19. The second kappa shape index (κ2) is 10.4. The summed E-state index contributed by atoms with van der Waals surface area (Å²) in [5, 5.41) is 7.00. The molecule has 0 aliphatic carbocycles. The van der Waals surface area contributed by atoms with Gasteiger partial charge in [0.1, 0.15) is 24.8 Å². The van der Waals surface area contributed by atoms with Crippen LogP contribution < -0.4 is 29.9 Å². The highest BCUT2D eigenvalue weighted by atomic mass is 32.1. The van der Waals surface area contributed by atoms with Crippen molar-refractivity contribution in [3.63, 3.8) is 0 Å². The number of fused-ring (bicyclic) bond motifs is 1. The van der Waals surface area contributed by atoms with E-state index in [0.29, 0.717) is 30.8 Å². The molecule has 0 unspecified atom stereocenters. The Morgan fingerprint density at radius 3 is 2.09 bits per heavy atom. The Hall–Kier alpha value is -2.81. The van der Waals surface area contributed by atoms with Gasteiger partial charge in [0.05, 0.1) is 0 Å². The SMILES string of the molecule is S=C(NCc1ccc2c(c1)OCCO2)Nc1nc(N2CCCCCC2)cc(N2CCCC2)n1. The van der Waals surface area contributed by atoms with Gasteiger partial charge in [0.2, 0.25) is 5.95 Å². The van der Waals surface area contributed by atoms with Gasteiger partial charge in [-0.15, -0.1) is 0 Å². The Bertz CT molecular complexity index is 973. The molecule has 5 rings (SSSR count). The molecule has 33 heavy (non-hydrogen) atoms. The molecule has 2 aromatic rings. The molecule has 0 spiro atoms. The fraction of sp³-hybridized carbons (Fsp3) is 0.542. The van der Waals surface area contributed by atoms with Crippen LogP contribution in [0.15, 0.2) is 24.3 Å². The van der Waals surface area contributed by atoms with E-state index in [-0.39, 0.29) is 0 Å². The van der Waals surface area contributed by atoms with Crippen molar-refractivity contribution in [2.24, 2.45) is 0 Å². The van der Waals surface area contributed by atoms with Crippen molar-refractivity contribution >= 4 is 34.9 Å². The van der Waals surface area contributed by atoms with E-state index in [1.165, 1.54) is 38.5 Å². The second-order valence-corrected chi connectivity index (χ2v) is 9.20. The first-order valence-electron chi connectivity index (χ1n) is 12.1. The van der Waals surface area contributed by atoms with Gasteiger partial charge in [-0.25, -0.2) is 0 Å². The third-order valence-corrected chi connectivity index (χ3v) is 6.59. The molecule has 2 N–H and O–H groups in total. The third kappa shape index (κ3) is 5.58. The fourth-order valence-corrected chi connectivity index (χ4v) is 4.74. The monoisotopic (exact) mass is 468 g/mol. The molecule has 8 nitrogen and oxygen atoms in total. The Labute approximate surface area is 200 Å². The first kappa shape index (κ1) is 22.0. The summed E-state index contributed by atoms with van der Waals surface area (Å²) < 4.78 is 11.3. The van der Waals surface area contributed by atoms with Gasteiger partial charge in [0.25, 0.3) is 0 Å². The first-order valence-corrected chi connectivity index (χ1v) is 12.5. The van der Waals surface area contributed by atoms with E-state index in [2.05, 4.69) is 26.5 Å². The molecule has 0 radical (unpaired) electrons. The van der Waals surface area contributed by atoms with Gasteiger partial charge in [-0.3, -0.25) is 0 Å². The van der Waals surface area contributed by atoms with Gasteiger partial charge in [0.15, 0.2) is 16.6 Å². The van der Waals surface area contributed by atoms with Gasteiger partial charge in [-0.2, -0.15) is 9.97 Å². The molecule has 1 aromatic carbocycles. The van der Waals surface area contributed by atoms with Crippen LogP contribution in [0.25, 0.3) is 0 Å². The van der Waals surface area contributed by atoms with Crippen LogP contribution in [-0.2, 0) is 6.54 Å². The van der Waals surface area contributed by atoms with E-state index in [0.717, 1.165) is 54.9 Å². The topological polar surface area (TPSA) is 74.8 Å². The largest absolute Gasteiger partial charge is 0.486 e. The molecule has 2 fully saturated rings. The van der Waals surface area contributed by atoms with E-state index in [1.54, 1.807) is 0 Å². The number of hydrogen-bond donors (Lipinski definition) is 2. The molecule has 2 saturated heterocycles. The number of hydrogen-bond acceptors (Lipinski definition) is 7. The molecule has 3 aliphatic heterocycles. The minimum Gasteiger partial charge on any atom is -0.486 e. The zero-order valence-corrected chi connectivity index (χ0v) is 19.8. The van der Waals surface area contributed by atoms with Crippen LogP contribution in [0.1, 0.15) is 44.1 Å². The number of rotatable bonds is 5. The Morgan fingerprint density at radius 1 is 0.818 bits per heavy atom. The minimum absolute atomic E-state index is 0.505. The maximum absolute atomic E-state index is 5.68. The summed E-state index contributed by atoms with van der Waals surface area (Å²) in [5.41, 5.74) is 1.07. The van der Waals surface area contributed by atoms with Crippen molar-refractivity contribution in [2.75, 3.05) is 54.5 Å². The van der Waals surface area contributed by atoms with Crippen LogP contribution in [0.5, 0.6) is 11.5 Å². The van der Waals surface area contributed by atoms with E-state index >= 15 is 0 Å². The van der Waals surface area contributed by atoms with E-state index in [9.17, 15) is 0 Å². The number of nitrogens with one attached hydrogen (secondary N) is 2. The predicted molar refractivity (Wildman–Crippen MR) is 135 cm³/mol. The molecule has 0 saturated carbocycles. The highest BCUT2D eigenvalue weighted by molar-refractivity contribution is 7.80. The summed E-state index contributed by atoms with van der Waals surface area (Å²) in [4.78, 5) is 14.4. The average molecular weight is 469 g/mol. The lowest BCUT2D eigenvalue weighted by Gasteiger charge is -2.25. The van der Waals surface area contributed by atoms with Crippen LogP contribution >= 0.6 is 12.2 Å². The zero-order chi connectivity index (χ0) is 22.5. The van der Waals surface area contributed by atoms with Crippen molar-refractivity contribution in [1.82, 2.24) is 15.3 Å². The van der Waals surface area contributed by atoms with Crippen LogP contribution in [0.4, 0.5) is 17.6 Å². The summed E-state index contributed by atoms with van der Waals surface area (Å²) in [6.07, 6.45) is 7.42. The highest BCUT2D eigenvalue weighted by Crippen LogP contribution is 2.31. The maximum Gasteiger partial charge on any atom is 0.232 e. The molecule has 176 valence electrons. The Morgan fingerprint density at radius 2 is 1.42 bits per heavy atom. The number of ether oxygens (including phenoxy) is 2. The first-order chi connectivity index (χ1) is 16.2. The van der Waals surface area contributed by atoms with Crippen molar-refractivity contribution in [3.05, 3.63) is 29.8 Å². The molecular weight excluding hydrogens is 436 g/mol. The molecule has 9 heteroatoms. The third-order valence-electron chi connectivity index (χ3n) is 6.34. The molecular formula is C24H32N6O2S. The van der Waals surface area contributed by atoms with Gasteiger partial charge >= 0.3 is 0 Å². The Kier molecular flexibility index (Phi) is 6.95. The number of aromatic nitrogens is 2. The van der Waals surface area contributed by atoms with Crippen LogP contribution in [0.2, 0.25) is 0 Å². The molecule has 4 heterocycles. The summed E-state index contributed by atoms with van der Waals surface area (Å²) >= 11 is 5.57. The molecule has 0 bridgehead atoms. The van der Waals surface area contributed by atoms with Gasteiger partial charge in [0, 0.05) is 38.8 Å². The van der Waals surface area contributed by atoms with Gasteiger partial charge in [-0.1, -0.05) is 18.9 Å². The molecule has 0 amide bonds. The lowest BCUT2D eigenvalue weighted by molar-refractivity contribution is 0.171. The number of anilines is 3. The minimum atomic E-state index is 0.505. The Balaban J connectivity index is 1.27. The summed E-state index contributed by atoms with van der Waals surface area (Å²) in [6, 6.07) is 8.10. The normalized spacial score (nSPS) is 18.1. The predicted octanol–water partition coefficient (Wildman–Crippen LogP) is 3.72. The number of thiocarbonyl (C=S) groups is 1. The quantitative estimate of drug-likeness (QED) is 0.639. The zero-order valence-electron chi connectivity index (χ0n) is 19.0. The second-order valence-electron chi connectivity index (χ2n) is 8.79. The number of benzene rings is 1. The molecule has 0 atom stereocenters. The van der Waals surface area contributed by atoms with E-state index in [4.69, 9.17) is 31.7 Å². The standard InChI is InChI=1S/C24H32N6O2S/c33-24(25-17-18-7-8-19-20(15-18)32-14-13-31-19)28-23-26-21(29-9-3-1-2-4-10-29)16-22(27-23)30-11-5-6-12-30/h7-8,15-16H,1-6,9-14,17H2,(H2,25,26,27,28,33). The van der Waals surface area contributed by atoms with E-state index in [1.807, 2.05) is 18.2 Å². The van der Waals surface area contributed by atoms with E-state index < -0.39 is 0 Å². The summed E-state index contributed by atoms with van der Waals surface area (Å²) in [6.45, 7) is 5.92. The van der Waals surface area contributed by atoms with Crippen LogP contribution in [0, 0.1) is 0 Å². The summed E-state index contributed by atoms with van der Waals surface area (Å²) in [7, 11) is 0. The maximum atomic E-state index is 5.68. The lowest BCUT2D eigenvalue weighted by atomic mass is 10.2. The smallest absolute Gasteiger partial charge is 0.232 e. The molecule has 3 aliphatic rings. The van der Waals surface area contributed by atoms with Crippen LogP contribution in [0.3, 0.4) is 0 Å². The van der Waals surface area contributed by atoms with Crippen molar-refractivity contribution < 1.29 is 9.47 Å². The van der Waals surface area contributed by atoms with Crippen molar-refractivity contribution in [2.45, 2.75) is 45.1 Å². The molecule has 1 aromatic heterocycles. The average Bonchev–Trinajstić information content (AvgIpc) is 3.25. The van der Waals surface area contributed by atoms with Gasteiger partial charge < -0.3 is 29.9 Å². The van der Waals surface area contributed by atoms with Crippen molar-refractivity contribution in [1.29, 1.82) is 0 Å². The van der Waals surface area contributed by atoms with Crippen LogP contribution in [-0.4, -0.2) is 54.5 Å². The summed E-state index contributed by atoms with van der Waals surface area (Å²) in [5.74, 6) is 4.10. The lowest BCUT2D eigenvalue weighted by Crippen LogP contribution is -2.31. The number of nitrogens with zero attached hydrogens (tertiary/aromatic N) is 4. The fourth-order valence-electron chi connectivity index (χ4n) is 4.57. The van der Waals surface area contributed by atoms with Gasteiger partial charge in [-0.05, 0) is 55.6 Å². The van der Waals surface area contributed by atoms with Crippen molar-refractivity contribution in [3.8, 4) is 11.5 Å².